The zero-order chi connectivity index (χ0) is 14.3. The third-order valence-corrected chi connectivity index (χ3v) is 4.08. The minimum atomic E-state index is 0.669. The van der Waals surface area contributed by atoms with Gasteiger partial charge in [-0.05, 0) is 37.6 Å². The van der Waals surface area contributed by atoms with Crippen molar-refractivity contribution >= 4 is 0 Å². The maximum Gasteiger partial charge on any atom is 0.0244 e. The summed E-state index contributed by atoms with van der Waals surface area (Å²) in [5.74, 6) is 4.24. The lowest BCUT2D eigenvalue weighted by molar-refractivity contribution is 0.0906. The van der Waals surface area contributed by atoms with Crippen molar-refractivity contribution in [2.45, 2.75) is 65.5 Å². The number of rotatable bonds is 7. The standard InChI is InChI=1S/C17H32N2/c1-6-7-8-9-10-19-13-16(11-14(2)3)18-12-17(19)15(4)5/h1,14-18H,7-13H2,2-5H3. The van der Waals surface area contributed by atoms with Crippen LogP contribution in [0.3, 0.4) is 0 Å². The molecule has 1 fully saturated rings. The normalized spacial score (nSPS) is 24.9. The summed E-state index contributed by atoms with van der Waals surface area (Å²) in [6.45, 7) is 12.9. The Kier molecular flexibility index (Phi) is 7.49. The number of unbranched alkanes of at least 4 members (excludes halogenated alkanes) is 2. The summed E-state index contributed by atoms with van der Waals surface area (Å²) < 4.78 is 0. The highest BCUT2D eigenvalue weighted by molar-refractivity contribution is 4.88. The lowest BCUT2D eigenvalue weighted by atomic mass is 9.94. The molecule has 1 aliphatic heterocycles. The molecule has 0 aliphatic carbocycles. The van der Waals surface area contributed by atoms with Crippen LogP contribution in [0.25, 0.3) is 0 Å². The summed E-state index contributed by atoms with van der Waals surface area (Å²) in [7, 11) is 0. The molecular weight excluding hydrogens is 232 g/mol. The Morgan fingerprint density at radius 1 is 1.26 bits per heavy atom. The Labute approximate surface area is 120 Å². The predicted molar refractivity (Wildman–Crippen MR) is 84.1 cm³/mol. The van der Waals surface area contributed by atoms with E-state index >= 15 is 0 Å². The molecule has 0 bridgehead atoms. The van der Waals surface area contributed by atoms with Gasteiger partial charge in [0.1, 0.15) is 0 Å². The average Bonchev–Trinajstić information content (AvgIpc) is 2.34. The van der Waals surface area contributed by atoms with Crippen LogP contribution < -0.4 is 5.32 Å². The van der Waals surface area contributed by atoms with Gasteiger partial charge in [-0.15, -0.1) is 12.3 Å². The molecule has 1 aliphatic rings. The maximum absolute atomic E-state index is 5.33. The lowest BCUT2D eigenvalue weighted by Gasteiger charge is -2.43. The van der Waals surface area contributed by atoms with Gasteiger partial charge >= 0.3 is 0 Å². The van der Waals surface area contributed by atoms with Crippen molar-refractivity contribution in [3.63, 3.8) is 0 Å². The van der Waals surface area contributed by atoms with E-state index in [4.69, 9.17) is 6.42 Å². The SMILES string of the molecule is C#CCCCCN1CC(CC(C)C)NCC1C(C)C. The van der Waals surface area contributed by atoms with E-state index in [1.54, 1.807) is 0 Å². The molecule has 2 heteroatoms. The Bertz CT molecular complexity index is 277. The van der Waals surface area contributed by atoms with E-state index in [0.717, 1.165) is 24.8 Å². The first kappa shape index (κ1) is 16.5. The van der Waals surface area contributed by atoms with Crippen molar-refractivity contribution in [2.24, 2.45) is 11.8 Å². The van der Waals surface area contributed by atoms with Gasteiger partial charge in [-0.1, -0.05) is 27.7 Å². The van der Waals surface area contributed by atoms with Crippen molar-refractivity contribution in [1.82, 2.24) is 10.2 Å². The summed E-state index contributed by atoms with van der Waals surface area (Å²) in [4.78, 5) is 2.70. The molecule has 1 N–H and O–H groups in total. The molecule has 2 unspecified atom stereocenters. The summed E-state index contributed by atoms with van der Waals surface area (Å²) in [5, 5.41) is 3.74. The van der Waals surface area contributed by atoms with E-state index in [0.29, 0.717) is 12.1 Å². The monoisotopic (exact) mass is 264 g/mol. The van der Waals surface area contributed by atoms with Crippen LogP contribution in [0.1, 0.15) is 53.4 Å². The largest absolute Gasteiger partial charge is 0.311 e. The van der Waals surface area contributed by atoms with Gasteiger partial charge < -0.3 is 5.32 Å². The zero-order valence-electron chi connectivity index (χ0n) is 13.3. The number of terminal acetylenes is 1. The fourth-order valence-electron chi connectivity index (χ4n) is 3.08. The van der Waals surface area contributed by atoms with E-state index in [2.05, 4.69) is 43.8 Å². The number of nitrogens with zero attached hydrogens (tertiary/aromatic N) is 1. The molecule has 0 saturated carbocycles. The second kappa shape index (κ2) is 8.61. The Hall–Kier alpha value is -0.520. The van der Waals surface area contributed by atoms with Gasteiger partial charge in [0.2, 0.25) is 0 Å². The topological polar surface area (TPSA) is 15.3 Å². The molecular formula is C17H32N2. The molecule has 1 rings (SSSR count). The fourth-order valence-corrected chi connectivity index (χ4v) is 3.08. The zero-order valence-corrected chi connectivity index (χ0v) is 13.3. The van der Waals surface area contributed by atoms with Crippen LogP contribution in [0.4, 0.5) is 0 Å². The van der Waals surface area contributed by atoms with Gasteiger partial charge in [-0.3, -0.25) is 4.90 Å². The van der Waals surface area contributed by atoms with E-state index in [1.165, 1.54) is 32.4 Å². The minimum Gasteiger partial charge on any atom is -0.311 e. The van der Waals surface area contributed by atoms with Crippen LogP contribution in [0.2, 0.25) is 0 Å². The van der Waals surface area contributed by atoms with Gasteiger partial charge in [0, 0.05) is 31.6 Å². The third kappa shape index (κ3) is 5.97. The summed E-state index contributed by atoms with van der Waals surface area (Å²) in [6, 6.07) is 1.36. The number of hydrogen-bond donors (Lipinski definition) is 1. The highest BCUT2D eigenvalue weighted by Crippen LogP contribution is 2.19. The minimum absolute atomic E-state index is 0.669. The maximum atomic E-state index is 5.33. The van der Waals surface area contributed by atoms with Crippen molar-refractivity contribution < 1.29 is 0 Å². The first-order chi connectivity index (χ1) is 9.04. The number of nitrogens with one attached hydrogen (secondary N) is 1. The van der Waals surface area contributed by atoms with Crippen molar-refractivity contribution in [1.29, 1.82) is 0 Å². The molecule has 2 atom stereocenters. The first-order valence-corrected chi connectivity index (χ1v) is 7.95. The summed E-state index contributed by atoms with van der Waals surface area (Å²) >= 11 is 0. The molecule has 2 nitrogen and oxygen atoms in total. The summed E-state index contributed by atoms with van der Waals surface area (Å²) in [6.07, 6.45) is 9.94. The Morgan fingerprint density at radius 3 is 2.58 bits per heavy atom. The number of piperazine rings is 1. The van der Waals surface area contributed by atoms with E-state index in [9.17, 15) is 0 Å². The number of hydrogen-bond acceptors (Lipinski definition) is 2. The van der Waals surface area contributed by atoms with Crippen molar-refractivity contribution in [3.8, 4) is 12.3 Å². The van der Waals surface area contributed by atoms with E-state index in [-0.39, 0.29) is 0 Å². The van der Waals surface area contributed by atoms with Crippen LogP contribution in [0, 0.1) is 24.2 Å². The van der Waals surface area contributed by atoms with Gasteiger partial charge in [-0.25, -0.2) is 0 Å². The predicted octanol–water partition coefficient (Wildman–Crippen LogP) is 3.13. The van der Waals surface area contributed by atoms with Crippen LogP contribution in [0.15, 0.2) is 0 Å². The van der Waals surface area contributed by atoms with Crippen LogP contribution >= 0.6 is 0 Å². The Balaban J connectivity index is 2.46. The highest BCUT2D eigenvalue weighted by atomic mass is 15.2. The van der Waals surface area contributed by atoms with Crippen LogP contribution in [0.5, 0.6) is 0 Å². The van der Waals surface area contributed by atoms with Gasteiger partial charge in [0.25, 0.3) is 0 Å². The summed E-state index contributed by atoms with van der Waals surface area (Å²) in [5.41, 5.74) is 0. The molecule has 0 aromatic carbocycles. The van der Waals surface area contributed by atoms with E-state index in [1.807, 2.05) is 0 Å². The molecule has 1 saturated heterocycles. The first-order valence-electron chi connectivity index (χ1n) is 7.95. The molecule has 0 radical (unpaired) electrons. The second-order valence-electron chi connectivity index (χ2n) is 6.70. The van der Waals surface area contributed by atoms with Gasteiger partial charge in [-0.2, -0.15) is 0 Å². The molecule has 0 aromatic heterocycles. The van der Waals surface area contributed by atoms with Crippen LogP contribution in [-0.2, 0) is 0 Å². The second-order valence-corrected chi connectivity index (χ2v) is 6.70. The molecule has 19 heavy (non-hydrogen) atoms. The average molecular weight is 264 g/mol. The fraction of sp³-hybridized carbons (Fsp3) is 0.882. The molecule has 0 aromatic rings. The van der Waals surface area contributed by atoms with Crippen molar-refractivity contribution in [3.05, 3.63) is 0 Å². The van der Waals surface area contributed by atoms with Crippen LogP contribution in [-0.4, -0.2) is 36.6 Å². The molecule has 0 spiro atoms. The quantitative estimate of drug-likeness (QED) is 0.561. The third-order valence-electron chi connectivity index (χ3n) is 4.08. The molecule has 0 amide bonds. The van der Waals surface area contributed by atoms with Crippen molar-refractivity contribution in [2.75, 3.05) is 19.6 Å². The molecule has 110 valence electrons. The molecule has 1 heterocycles. The Morgan fingerprint density at radius 2 is 2.00 bits per heavy atom. The van der Waals surface area contributed by atoms with E-state index < -0.39 is 0 Å². The highest BCUT2D eigenvalue weighted by Gasteiger charge is 2.29. The van der Waals surface area contributed by atoms with Gasteiger partial charge in [0.15, 0.2) is 0 Å². The van der Waals surface area contributed by atoms with Gasteiger partial charge in [0.05, 0.1) is 0 Å². The smallest absolute Gasteiger partial charge is 0.0244 e. The lowest BCUT2D eigenvalue weighted by Crippen LogP contribution is -2.58.